The lowest BCUT2D eigenvalue weighted by Gasteiger charge is -2.34. The average molecular weight is 646 g/mol. The SMILES string of the molecule is C/C=C1\NC(C)=NC(C(C)C)CC(C)C2CN(c3nc(-n4ccc(OCCC5C6(CC6)C56CC6)n4)ccc3C(=O)NS1)C(C)(C)C2. The van der Waals surface area contributed by atoms with Crippen molar-refractivity contribution in [3.63, 3.8) is 0 Å². The van der Waals surface area contributed by atoms with Crippen molar-refractivity contribution in [1.29, 1.82) is 0 Å². The number of anilines is 1. The van der Waals surface area contributed by atoms with Crippen LogP contribution in [0.15, 0.2) is 40.5 Å². The van der Waals surface area contributed by atoms with Gasteiger partial charge in [0.25, 0.3) is 5.91 Å². The maximum Gasteiger partial charge on any atom is 0.265 e. The van der Waals surface area contributed by atoms with E-state index in [9.17, 15) is 4.79 Å². The second-order valence-electron chi connectivity index (χ2n) is 15.6. The van der Waals surface area contributed by atoms with E-state index in [1.165, 1.54) is 37.6 Å². The molecule has 3 unspecified atom stereocenters. The third-order valence-corrected chi connectivity index (χ3v) is 12.8. The first kappa shape index (κ1) is 31.6. The van der Waals surface area contributed by atoms with E-state index in [1.807, 2.05) is 44.3 Å². The van der Waals surface area contributed by atoms with Gasteiger partial charge in [0.1, 0.15) is 5.82 Å². The molecule has 3 aliphatic carbocycles. The Kier molecular flexibility index (Phi) is 7.96. The Hall–Kier alpha value is -3.01. The Morgan fingerprint density at radius 2 is 1.89 bits per heavy atom. The molecule has 4 heterocycles. The molecule has 2 spiro atoms. The number of amides is 1. The zero-order valence-corrected chi connectivity index (χ0v) is 29.4. The molecule has 10 heteroatoms. The molecule has 1 saturated heterocycles. The van der Waals surface area contributed by atoms with Crippen molar-refractivity contribution in [2.45, 2.75) is 105 Å². The summed E-state index contributed by atoms with van der Waals surface area (Å²) in [6.07, 6.45) is 12.8. The van der Waals surface area contributed by atoms with E-state index < -0.39 is 0 Å². The fourth-order valence-electron chi connectivity index (χ4n) is 8.97. The number of hydrogen-bond donors (Lipinski definition) is 2. The van der Waals surface area contributed by atoms with Gasteiger partial charge in [0.2, 0.25) is 5.88 Å². The molecule has 0 aromatic carbocycles. The van der Waals surface area contributed by atoms with Crippen molar-refractivity contribution < 1.29 is 9.53 Å². The number of amidine groups is 1. The third kappa shape index (κ3) is 5.62. The molecule has 46 heavy (non-hydrogen) atoms. The minimum atomic E-state index is -0.177. The predicted molar refractivity (Wildman–Crippen MR) is 185 cm³/mol. The van der Waals surface area contributed by atoms with Gasteiger partial charge in [-0.05, 0) is 119 Å². The highest BCUT2D eigenvalue weighted by molar-refractivity contribution is 8.01. The summed E-state index contributed by atoms with van der Waals surface area (Å²) < 4.78 is 11.0. The van der Waals surface area contributed by atoms with Gasteiger partial charge < -0.3 is 15.0 Å². The number of nitrogens with one attached hydrogen (secondary N) is 2. The topological polar surface area (TPSA) is 96.7 Å². The molecule has 2 bridgehead atoms. The molecule has 9 nitrogen and oxygen atoms in total. The highest BCUT2D eigenvalue weighted by Crippen LogP contribution is 2.93. The summed E-state index contributed by atoms with van der Waals surface area (Å²) >= 11 is 1.27. The Bertz CT molecular complexity index is 1530. The first-order chi connectivity index (χ1) is 22.0. The van der Waals surface area contributed by atoms with E-state index in [-0.39, 0.29) is 17.5 Å². The molecule has 2 aromatic heterocycles. The van der Waals surface area contributed by atoms with Crippen molar-refractivity contribution in [3.8, 4) is 11.7 Å². The van der Waals surface area contributed by atoms with Gasteiger partial charge in [-0.15, -0.1) is 5.10 Å². The molecule has 3 saturated carbocycles. The maximum absolute atomic E-state index is 13.8. The first-order valence-corrected chi connectivity index (χ1v) is 18.2. The lowest BCUT2D eigenvalue weighted by Crippen LogP contribution is -2.40. The largest absolute Gasteiger partial charge is 0.477 e. The molecular formula is C36H51N7O2S. The van der Waals surface area contributed by atoms with E-state index in [1.54, 1.807) is 4.68 Å². The minimum absolute atomic E-state index is 0.175. The van der Waals surface area contributed by atoms with Crippen LogP contribution in [-0.2, 0) is 0 Å². The second-order valence-corrected chi connectivity index (χ2v) is 16.4. The smallest absolute Gasteiger partial charge is 0.265 e. The normalized spacial score (nSPS) is 28.7. The summed E-state index contributed by atoms with van der Waals surface area (Å²) in [7, 11) is 0. The molecule has 2 N–H and O–H groups in total. The standard InChI is InChI=1S/C36H51N7O2S/c1-8-31-38-24(5)37-27(22(2)3)19-23(4)25-20-34(6,7)42(21-25)32-26(33(44)41-46-31)9-10-29(39-32)43-17-11-30(40-43)45-18-12-28-35(13-14-35)36(28)15-16-36/h8-11,17,22-23,25,27-28H,12-16,18-21H2,1-7H3,(H,37,38)(H,41,44)/b31-8+. The van der Waals surface area contributed by atoms with Crippen LogP contribution in [-0.4, -0.2) is 51.2 Å². The van der Waals surface area contributed by atoms with Crippen LogP contribution in [0.5, 0.6) is 5.88 Å². The number of ether oxygens (including phenoxy) is 1. The zero-order chi connectivity index (χ0) is 32.4. The van der Waals surface area contributed by atoms with Crippen LogP contribution in [0.4, 0.5) is 5.82 Å². The van der Waals surface area contributed by atoms with E-state index >= 15 is 0 Å². The second kappa shape index (κ2) is 11.6. The van der Waals surface area contributed by atoms with E-state index in [0.29, 0.717) is 58.3 Å². The minimum Gasteiger partial charge on any atom is -0.477 e. The van der Waals surface area contributed by atoms with Gasteiger partial charge in [0, 0.05) is 36.3 Å². The predicted octanol–water partition coefficient (Wildman–Crippen LogP) is 7.14. The number of allylic oxidation sites excluding steroid dienone is 1. The number of carbonyl (C=O) groups is 1. The van der Waals surface area contributed by atoms with Crippen LogP contribution < -0.4 is 19.7 Å². The molecular weight excluding hydrogens is 595 g/mol. The lowest BCUT2D eigenvalue weighted by atomic mass is 9.82. The molecule has 2 aliphatic heterocycles. The lowest BCUT2D eigenvalue weighted by molar-refractivity contribution is 0.0984. The average Bonchev–Trinajstić information content (AvgIpc) is 3.97. The van der Waals surface area contributed by atoms with Gasteiger partial charge in [0.15, 0.2) is 5.82 Å². The molecule has 5 aliphatic rings. The van der Waals surface area contributed by atoms with Crippen molar-refractivity contribution in [1.82, 2.24) is 24.8 Å². The van der Waals surface area contributed by atoms with Gasteiger partial charge in [0.05, 0.1) is 29.1 Å². The fourth-order valence-corrected chi connectivity index (χ4v) is 9.60. The summed E-state index contributed by atoms with van der Waals surface area (Å²) in [6.45, 7) is 16.9. The number of pyridine rings is 1. The van der Waals surface area contributed by atoms with Crippen molar-refractivity contribution in [3.05, 3.63) is 41.1 Å². The highest BCUT2D eigenvalue weighted by Gasteiger charge is 2.85. The summed E-state index contributed by atoms with van der Waals surface area (Å²) in [5.41, 5.74) is 1.79. The molecule has 248 valence electrons. The number of fused-ring (bicyclic) bond motifs is 5. The van der Waals surface area contributed by atoms with E-state index in [0.717, 1.165) is 42.6 Å². The van der Waals surface area contributed by atoms with Crippen molar-refractivity contribution in [2.24, 2.45) is 39.5 Å². The van der Waals surface area contributed by atoms with E-state index in [2.05, 4.69) is 49.6 Å². The number of carbonyl (C=O) groups excluding carboxylic acids is 1. The fraction of sp³-hybridized carbons (Fsp3) is 0.667. The highest BCUT2D eigenvalue weighted by atomic mass is 32.2. The van der Waals surface area contributed by atoms with E-state index in [4.69, 9.17) is 19.8 Å². The van der Waals surface area contributed by atoms with Crippen LogP contribution in [0.3, 0.4) is 0 Å². The maximum atomic E-state index is 13.8. The Morgan fingerprint density at radius 3 is 2.57 bits per heavy atom. The van der Waals surface area contributed by atoms with Gasteiger partial charge in [-0.1, -0.05) is 26.8 Å². The molecule has 4 fully saturated rings. The number of rotatable bonds is 6. The van der Waals surface area contributed by atoms with Gasteiger partial charge in [-0.25, -0.2) is 9.67 Å². The summed E-state index contributed by atoms with van der Waals surface area (Å²) in [4.78, 5) is 26.4. The number of aliphatic imine (C=N–C) groups is 1. The molecule has 7 rings (SSSR count). The molecule has 0 radical (unpaired) electrons. The quantitative estimate of drug-likeness (QED) is 0.322. The monoisotopic (exact) mass is 645 g/mol. The Balaban J connectivity index is 1.15. The van der Waals surface area contributed by atoms with Crippen LogP contribution in [0, 0.1) is 34.5 Å². The molecule has 1 amide bonds. The van der Waals surface area contributed by atoms with Crippen LogP contribution in [0.25, 0.3) is 5.82 Å². The number of aromatic nitrogens is 3. The van der Waals surface area contributed by atoms with Crippen LogP contribution in [0.2, 0.25) is 0 Å². The number of nitrogens with zero attached hydrogens (tertiary/aromatic N) is 5. The van der Waals surface area contributed by atoms with Gasteiger partial charge >= 0.3 is 0 Å². The molecule has 2 aromatic rings. The van der Waals surface area contributed by atoms with Gasteiger partial charge in [-0.2, -0.15) is 0 Å². The summed E-state index contributed by atoms with van der Waals surface area (Å²) in [5, 5.41) is 8.99. The van der Waals surface area contributed by atoms with Crippen molar-refractivity contribution in [2.75, 3.05) is 18.1 Å². The molecule has 3 atom stereocenters. The first-order valence-electron chi connectivity index (χ1n) is 17.4. The summed E-state index contributed by atoms with van der Waals surface area (Å²) in [6, 6.07) is 5.91. The zero-order valence-electron chi connectivity index (χ0n) is 28.6. The van der Waals surface area contributed by atoms with Gasteiger partial charge in [-0.3, -0.25) is 14.5 Å². The number of hydrogen-bond acceptors (Lipinski definition) is 8. The van der Waals surface area contributed by atoms with Crippen LogP contribution >= 0.6 is 11.9 Å². The summed E-state index contributed by atoms with van der Waals surface area (Å²) in [5.74, 6) is 4.89. The van der Waals surface area contributed by atoms with Crippen molar-refractivity contribution >= 4 is 29.5 Å². The Labute approximate surface area is 278 Å². The Morgan fingerprint density at radius 1 is 1.15 bits per heavy atom. The van der Waals surface area contributed by atoms with Crippen LogP contribution in [0.1, 0.15) is 104 Å². The third-order valence-electron chi connectivity index (χ3n) is 11.9.